The van der Waals surface area contributed by atoms with Crippen LogP contribution in [0.2, 0.25) is 0 Å². The fraction of sp³-hybridized carbons (Fsp3) is 0.0870. The van der Waals surface area contributed by atoms with Crippen LogP contribution in [0.4, 0.5) is 5.69 Å². The molecule has 0 radical (unpaired) electrons. The van der Waals surface area contributed by atoms with E-state index in [0.29, 0.717) is 28.5 Å². The second kappa shape index (κ2) is 6.91. The van der Waals surface area contributed by atoms with E-state index in [1.54, 1.807) is 19.3 Å². The molecule has 5 rings (SSSR count). The molecule has 0 saturated heterocycles. The Labute approximate surface area is 166 Å². The highest BCUT2D eigenvalue weighted by Gasteiger charge is 2.14. The molecule has 6 heteroatoms. The third kappa shape index (κ3) is 3.14. The third-order valence-electron chi connectivity index (χ3n) is 4.78. The summed E-state index contributed by atoms with van der Waals surface area (Å²) in [6, 6.07) is 16.9. The number of anilines is 1. The van der Waals surface area contributed by atoms with Gasteiger partial charge in [0.15, 0.2) is 11.5 Å². The van der Waals surface area contributed by atoms with Crippen LogP contribution in [0, 0.1) is 0 Å². The summed E-state index contributed by atoms with van der Waals surface area (Å²) in [7, 11) is 1.57. The van der Waals surface area contributed by atoms with Crippen LogP contribution in [0.3, 0.4) is 0 Å². The molecular weight excluding hydrogens is 370 g/mol. The molecule has 3 aromatic carbocycles. The molecule has 2 heterocycles. The summed E-state index contributed by atoms with van der Waals surface area (Å²) in [5.74, 6) is 1.66. The van der Waals surface area contributed by atoms with E-state index in [-0.39, 0.29) is 12.7 Å². The summed E-state index contributed by atoms with van der Waals surface area (Å²) in [5.41, 5.74) is 2.85. The van der Waals surface area contributed by atoms with Gasteiger partial charge in [0.05, 0.1) is 12.8 Å². The lowest BCUT2D eigenvalue weighted by Crippen LogP contribution is -2.08. The van der Waals surface area contributed by atoms with Gasteiger partial charge in [0.1, 0.15) is 16.9 Å². The SMILES string of the molecule is COc1cc2c(cc1NC(=O)/C=C/c1ccc3c(c1)OCO3)oc1ccccc12. The van der Waals surface area contributed by atoms with Gasteiger partial charge >= 0.3 is 0 Å². The molecule has 1 aliphatic heterocycles. The Morgan fingerprint density at radius 1 is 1.00 bits per heavy atom. The van der Waals surface area contributed by atoms with E-state index in [2.05, 4.69) is 5.32 Å². The van der Waals surface area contributed by atoms with Crippen LogP contribution in [-0.2, 0) is 4.79 Å². The molecular formula is C23H17NO5. The number of amides is 1. The minimum atomic E-state index is -0.281. The first kappa shape index (κ1) is 17.2. The lowest BCUT2D eigenvalue weighted by atomic mass is 10.1. The van der Waals surface area contributed by atoms with E-state index < -0.39 is 0 Å². The molecule has 1 amide bonds. The van der Waals surface area contributed by atoms with Crippen molar-refractivity contribution in [3.63, 3.8) is 0 Å². The highest BCUT2D eigenvalue weighted by molar-refractivity contribution is 6.09. The van der Waals surface area contributed by atoms with Gasteiger partial charge in [0, 0.05) is 22.9 Å². The Hall–Kier alpha value is -3.93. The van der Waals surface area contributed by atoms with Gasteiger partial charge in [-0.15, -0.1) is 0 Å². The normalized spacial score (nSPS) is 12.7. The van der Waals surface area contributed by atoms with Crippen molar-refractivity contribution < 1.29 is 23.4 Å². The minimum absolute atomic E-state index is 0.215. The van der Waals surface area contributed by atoms with Gasteiger partial charge < -0.3 is 23.9 Å². The molecule has 1 N–H and O–H groups in total. The van der Waals surface area contributed by atoms with Crippen molar-refractivity contribution in [1.29, 1.82) is 0 Å². The van der Waals surface area contributed by atoms with Gasteiger partial charge in [0.25, 0.3) is 0 Å². The number of para-hydroxylation sites is 1. The molecule has 0 saturated carbocycles. The van der Waals surface area contributed by atoms with E-state index in [0.717, 1.165) is 21.9 Å². The van der Waals surface area contributed by atoms with Crippen molar-refractivity contribution >= 4 is 39.6 Å². The van der Waals surface area contributed by atoms with Crippen LogP contribution in [0.15, 0.2) is 65.1 Å². The number of hydrogen-bond donors (Lipinski definition) is 1. The summed E-state index contributed by atoms with van der Waals surface area (Å²) in [6.07, 6.45) is 3.17. The van der Waals surface area contributed by atoms with Crippen LogP contribution in [-0.4, -0.2) is 19.8 Å². The van der Waals surface area contributed by atoms with Gasteiger partial charge in [-0.25, -0.2) is 0 Å². The Bertz CT molecular complexity index is 1270. The zero-order valence-electron chi connectivity index (χ0n) is 15.6. The van der Waals surface area contributed by atoms with Gasteiger partial charge in [-0.05, 0) is 35.9 Å². The van der Waals surface area contributed by atoms with Crippen LogP contribution in [0.25, 0.3) is 28.0 Å². The smallest absolute Gasteiger partial charge is 0.248 e. The number of carbonyl (C=O) groups excluding carboxylic acids is 1. The lowest BCUT2D eigenvalue weighted by molar-refractivity contribution is -0.111. The molecule has 0 spiro atoms. The zero-order valence-corrected chi connectivity index (χ0v) is 15.6. The number of nitrogens with one attached hydrogen (secondary N) is 1. The topological polar surface area (TPSA) is 69.9 Å². The van der Waals surface area contributed by atoms with Crippen LogP contribution >= 0.6 is 0 Å². The number of fused-ring (bicyclic) bond motifs is 4. The molecule has 0 unspecified atom stereocenters. The summed E-state index contributed by atoms with van der Waals surface area (Å²) in [6.45, 7) is 0.215. The van der Waals surface area contributed by atoms with E-state index in [1.807, 2.05) is 48.5 Å². The predicted octanol–water partition coefficient (Wildman–Crippen LogP) is 4.98. The first-order valence-corrected chi connectivity index (χ1v) is 9.09. The van der Waals surface area contributed by atoms with Crippen molar-refractivity contribution in [2.45, 2.75) is 0 Å². The lowest BCUT2D eigenvalue weighted by Gasteiger charge is -2.09. The number of hydrogen-bond acceptors (Lipinski definition) is 5. The average Bonchev–Trinajstić information content (AvgIpc) is 3.35. The molecule has 0 bridgehead atoms. The molecule has 6 nitrogen and oxygen atoms in total. The van der Waals surface area contributed by atoms with Gasteiger partial charge in [-0.3, -0.25) is 4.79 Å². The van der Waals surface area contributed by atoms with E-state index in [1.165, 1.54) is 6.08 Å². The fourth-order valence-electron chi connectivity index (χ4n) is 3.38. The second-order valence-electron chi connectivity index (χ2n) is 6.58. The maximum Gasteiger partial charge on any atom is 0.248 e. The largest absolute Gasteiger partial charge is 0.495 e. The Morgan fingerprint density at radius 2 is 1.86 bits per heavy atom. The van der Waals surface area contributed by atoms with Gasteiger partial charge in [-0.1, -0.05) is 24.3 Å². The Balaban J connectivity index is 1.41. The molecule has 144 valence electrons. The maximum atomic E-state index is 12.5. The monoisotopic (exact) mass is 387 g/mol. The van der Waals surface area contributed by atoms with E-state index >= 15 is 0 Å². The van der Waals surface area contributed by atoms with Gasteiger partial charge in [0.2, 0.25) is 12.7 Å². The minimum Gasteiger partial charge on any atom is -0.495 e. The Kier molecular flexibility index (Phi) is 4.09. The Morgan fingerprint density at radius 3 is 2.76 bits per heavy atom. The van der Waals surface area contributed by atoms with Crippen molar-refractivity contribution in [3.8, 4) is 17.2 Å². The van der Waals surface area contributed by atoms with Crippen molar-refractivity contribution in [1.82, 2.24) is 0 Å². The predicted molar refractivity (Wildman–Crippen MR) is 111 cm³/mol. The van der Waals surface area contributed by atoms with Crippen LogP contribution in [0.1, 0.15) is 5.56 Å². The zero-order chi connectivity index (χ0) is 19.8. The van der Waals surface area contributed by atoms with Crippen molar-refractivity contribution in [2.24, 2.45) is 0 Å². The third-order valence-corrected chi connectivity index (χ3v) is 4.78. The van der Waals surface area contributed by atoms with Crippen LogP contribution < -0.4 is 19.5 Å². The molecule has 0 aliphatic carbocycles. The van der Waals surface area contributed by atoms with Crippen molar-refractivity contribution in [2.75, 3.05) is 19.2 Å². The molecule has 29 heavy (non-hydrogen) atoms. The quantitative estimate of drug-likeness (QED) is 0.501. The van der Waals surface area contributed by atoms with E-state index in [4.69, 9.17) is 18.6 Å². The summed E-state index contributed by atoms with van der Waals surface area (Å²) in [4.78, 5) is 12.5. The fourth-order valence-corrected chi connectivity index (χ4v) is 3.38. The molecule has 0 atom stereocenters. The highest BCUT2D eigenvalue weighted by atomic mass is 16.7. The van der Waals surface area contributed by atoms with E-state index in [9.17, 15) is 4.79 Å². The number of rotatable bonds is 4. The van der Waals surface area contributed by atoms with Gasteiger partial charge in [-0.2, -0.15) is 0 Å². The summed E-state index contributed by atoms with van der Waals surface area (Å²) < 4.78 is 22.0. The highest BCUT2D eigenvalue weighted by Crippen LogP contribution is 2.36. The number of methoxy groups -OCH3 is 1. The first-order chi connectivity index (χ1) is 14.2. The number of ether oxygens (including phenoxy) is 3. The standard InChI is InChI=1S/C23H17NO5/c1-26-21-11-16-15-4-2-3-5-18(15)29-20(16)12-17(21)24-23(25)9-7-14-6-8-19-22(10-14)28-13-27-19/h2-12H,13H2,1H3,(H,24,25)/b9-7+. The van der Waals surface area contributed by atoms with Crippen LogP contribution in [0.5, 0.6) is 17.2 Å². The van der Waals surface area contributed by atoms with Crippen molar-refractivity contribution in [3.05, 3.63) is 66.2 Å². The number of carbonyl (C=O) groups is 1. The number of furan rings is 1. The summed E-state index contributed by atoms with van der Waals surface area (Å²) in [5, 5.41) is 4.79. The maximum absolute atomic E-state index is 12.5. The number of benzene rings is 3. The first-order valence-electron chi connectivity index (χ1n) is 9.09. The molecule has 1 aliphatic rings. The average molecular weight is 387 g/mol. The molecule has 1 aromatic heterocycles. The second-order valence-corrected chi connectivity index (χ2v) is 6.58. The molecule has 0 fully saturated rings. The summed E-state index contributed by atoms with van der Waals surface area (Å²) >= 11 is 0. The molecule has 4 aromatic rings.